The van der Waals surface area contributed by atoms with Crippen molar-refractivity contribution in [2.45, 2.75) is 0 Å². The second kappa shape index (κ2) is 4.18. The number of rotatable bonds is 1. The van der Waals surface area contributed by atoms with Crippen molar-refractivity contribution < 1.29 is 18.3 Å². The fourth-order valence-electron chi connectivity index (χ4n) is 1.24. The van der Waals surface area contributed by atoms with Crippen LogP contribution in [0, 0.1) is 11.6 Å². The maximum absolute atomic E-state index is 13.6. The van der Waals surface area contributed by atoms with Gasteiger partial charge in [-0.3, -0.25) is 0 Å². The van der Waals surface area contributed by atoms with Crippen LogP contribution in [0.25, 0.3) is 11.0 Å². The number of anilines is 1. The molecule has 0 fully saturated rings. The van der Waals surface area contributed by atoms with E-state index < -0.39 is 39.5 Å². The normalized spacial score (nSPS) is 10.6. The Balaban J connectivity index is 2.87. The number of nitrogens with zero attached hydrogens (tertiary/aromatic N) is 3. The lowest BCUT2D eigenvalue weighted by Gasteiger charge is -2.08. The molecule has 4 N–H and O–H groups in total. The quantitative estimate of drug-likeness (QED) is 0.750. The van der Waals surface area contributed by atoms with Crippen LogP contribution in [0.2, 0.25) is 5.02 Å². The van der Waals surface area contributed by atoms with E-state index in [4.69, 9.17) is 23.1 Å². The minimum atomic E-state index is -1.33. The number of amides is 1. The predicted octanol–water partition coefficient (Wildman–Crippen LogP) is 0.996. The van der Waals surface area contributed by atoms with Crippen LogP contribution in [0.15, 0.2) is 0 Å². The molecule has 0 saturated carbocycles. The standard InChI is InChI=1S/C8H4ClF2N5O2/c9-1-2(10)4-5(15-16-7(12)14-4)6(3(1)11)18-8(13)17/h(H2,13,17)(H2,12,14,16). The van der Waals surface area contributed by atoms with E-state index in [9.17, 15) is 13.6 Å². The lowest BCUT2D eigenvalue weighted by Crippen LogP contribution is -2.18. The van der Waals surface area contributed by atoms with Crippen LogP contribution in [-0.2, 0) is 0 Å². The summed E-state index contributed by atoms with van der Waals surface area (Å²) < 4.78 is 31.6. The molecule has 2 rings (SSSR count). The van der Waals surface area contributed by atoms with Crippen molar-refractivity contribution in [3.63, 3.8) is 0 Å². The summed E-state index contributed by atoms with van der Waals surface area (Å²) in [5, 5.41) is 5.76. The number of halogens is 3. The van der Waals surface area contributed by atoms with Gasteiger partial charge in [-0.1, -0.05) is 11.6 Å². The molecule has 94 valence electrons. The first-order valence-electron chi connectivity index (χ1n) is 4.35. The summed E-state index contributed by atoms with van der Waals surface area (Å²) in [6.45, 7) is 0. The van der Waals surface area contributed by atoms with Gasteiger partial charge in [0, 0.05) is 0 Å². The molecule has 0 aliphatic heterocycles. The van der Waals surface area contributed by atoms with Gasteiger partial charge >= 0.3 is 6.09 Å². The van der Waals surface area contributed by atoms with Crippen molar-refractivity contribution in [1.82, 2.24) is 15.2 Å². The van der Waals surface area contributed by atoms with Crippen LogP contribution in [0.4, 0.5) is 19.5 Å². The average Bonchev–Trinajstić information content (AvgIpc) is 2.32. The van der Waals surface area contributed by atoms with Crippen molar-refractivity contribution in [1.29, 1.82) is 0 Å². The van der Waals surface area contributed by atoms with Gasteiger partial charge in [-0.25, -0.2) is 18.6 Å². The van der Waals surface area contributed by atoms with Gasteiger partial charge in [0.05, 0.1) is 0 Å². The van der Waals surface area contributed by atoms with E-state index in [1.807, 2.05) is 0 Å². The molecule has 1 amide bonds. The number of hydrogen-bond acceptors (Lipinski definition) is 6. The fourth-order valence-corrected chi connectivity index (χ4v) is 1.42. The molecule has 0 aliphatic rings. The number of primary amides is 1. The molecule has 0 radical (unpaired) electrons. The molecule has 1 heterocycles. The number of carbonyl (C=O) groups is 1. The summed E-state index contributed by atoms with van der Waals surface area (Å²) in [5.74, 6) is -3.64. The van der Waals surface area contributed by atoms with E-state index in [0.717, 1.165) is 0 Å². The van der Waals surface area contributed by atoms with Crippen LogP contribution < -0.4 is 16.2 Å². The largest absolute Gasteiger partial charge is 0.410 e. The number of fused-ring (bicyclic) bond motifs is 1. The van der Waals surface area contributed by atoms with Gasteiger partial charge in [-0.15, -0.1) is 10.2 Å². The lowest BCUT2D eigenvalue weighted by molar-refractivity contribution is 0.209. The van der Waals surface area contributed by atoms with E-state index in [0.29, 0.717) is 0 Å². The topological polar surface area (TPSA) is 117 Å². The van der Waals surface area contributed by atoms with Gasteiger partial charge in [0.2, 0.25) is 5.95 Å². The minimum absolute atomic E-state index is 0.353. The van der Waals surface area contributed by atoms with Crippen molar-refractivity contribution in [2.75, 3.05) is 5.73 Å². The number of carbonyl (C=O) groups excluding carboxylic acids is 1. The zero-order valence-electron chi connectivity index (χ0n) is 8.45. The van der Waals surface area contributed by atoms with Crippen LogP contribution in [0.5, 0.6) is 5.75 Å². The maximum atomic E-state index is 13.6. The average molecular weight is 276 g/mol. The highest BCUT2D eigenvalue weighted by atomic mass is 35.5. The van der Waals surface area contributed by atoms with Gasteiger partial charge in [0.25, 0.3) is 0 Å². The minimum Gasteiger partial charge on any atom is -0.405 e. The third kappa shape index (κ3) is 1.84. The summed E-state index contributed by atoms with van der Waals surface area (Å²) in [5.41, 5.74) is 9.02. The highest BCUT2D eigenvalue weighted by Crippen LogP contribution is 2.34. The lowest BCUT2D eigenvalue weighted by atomic mass is 10.2. The molecule has 7 nitrogen and oxygen atoms in total. The predicted molar refractivity (Wildman–Crippen MR) is 56.9 cm³/mol. The van der Waals surface area contributed by atoms with Crippen LogP contribution in [-0.4, -0.2) is 21.3 Å². The third-order valence-corrected chi connectivity index (χ3v) is 2.25. The van der Waals surface area contributed by atoms with Gasteiger partial charge in [-0.2, -0.15) is 0 Å². The number of benzene rings is 1. The first-order chi connectivity index (χ1) is 8.41. The molecule has 0 bridgehead atoms. The summed E-state index contributed by atoms with van der Waals surface area (Å²) in [6.07, 6.45) is -1.32. The number of nitrogen functional groups attached to an aromatic ring is 1. The Morgan fingerprint density at radius 1 is 1.22 bits per heavy atom. The van der Waals surface area contributed by atoms with Crippen molar-refractivity contribution >= 4 is 34.7 Å². The Morgan fingerprint density at radius 3 is 2.50 bits per heavy atom. The molecule has 0 atom stereocenters. The Labute approximate surface area is 103 Å². The highest BCUT2D eigenvalue weighted by molar-refractivity contribution is 6.31. The van der Waals surface area contributed by atoms with Gasteiger partial charge < -0.3 is 16.2 Å². The van der Waals surface area contributed by atoms with Crippen LogP contribution in [0.3, 0.4) is 0 Å². The monoisotopic (exact) mass is 275 g/mol. The van der Waals surface area contributed by atoms with Crippen LogP contribution >= 0.6 is 11.6 Å². The summed E-state index contributed by atoms with van der Waals surface area (Å²) >= 11 is 5.39. The first kappa shape index (κ1) is 12.2. The summed E-state index contributed by atoms with van der Waals surface area (Å²) in [4.78, 5) is 14.1. The number of aromatic nitrogens is 3. The van der Waals surface area contributed by atoms with Crippen molar-refractivity contribution in [2.24, 2.45) is 5.73 Å². The highest BCUT2D eigenvalue weighted by Gasteiger charge is 2.24. The first-order valence-corrected chi connectivity index (χ1v) is 4.73. The van der Waals surface area contributed by atoms with E-state index in [1.54, 1.807) is 0 Å². The summed E-state index contributed by atoms with van der Waals surface area (Å²) in [6, 6.07) is 0. The Morgan fingerprint density at radius 2 is 1.89 bits per heavy atom. The van der Waals surface area contributed by atoms with Crippen molar-refractivity contribution in [3.05, 3.63) is 16.7 Å². The van der Waals surface area contributed by atoms with Gasteiger partial charge in [0.1, 0.15) is 10.5 Å². The molecule has 2 aromatic rings. The smallest absolute Gasteiger partial charge is 0.405 e. The number of ether oxygens (including phenoxy) is 1. The van der Waals surface area contributed by atoms with Gasteiger partial charge in [-0.05, 0) is 0 Å². The number of hydrogen-bond donors (Lipinski definition) is 2. The second-order valence-corrected chi connectivity index (χ2v) is 3.44. The molecule has 1 aromatic heterocycles. The van der Waals surface area contributed by atoms with Crippen LogP contribution in [0.1, 0.15) is 0 Å². The van der Waals surface area contributed by atoms with Gasteiger partial charge in [0.15, 0.2) is 22.9 Å². The SMILES string of the molecule is NC(=O)Oc1c(F)c(Cl)c(F)c2nc(N)nnc12. The van der Waals surface area contributed by atoms with E-state index in [1.165, 1.54) is 0 Å². The third-order valence-electron chi connectivity index (χ3n) is 1.91. The number of nitrogens with two attached hydrogens (primary N) is 2. The molecule has 0 saturated heterocycles. The molecular formula is C8H4ClF2N5O2. The summed E-state index contributed by atoms with van der Waals surface area (Å²) in [7, 11) is 0. The Hall–Kier alpha value is -2.29. The van der Waals surface area contributed by atoms with E-state index >= 15 is 0 Å². The Kier molecular flexibility index (Phi) is 2.83. The molecule has 0 spiro atoms. The fraction of sp³-hybridized carbons (Fsp3) is 0. The zero-order chi connectivity index (χ0) is 13.4. The Bertz CT molecular complexity index is 666. The zero-order valence-corrected chi connectivity index (χ0v) is 9.20. The van der Waals surface area contributed by atoms with E-state index in [2.05, 4.69) is 19.9 Å². The second-order valence-electron chi connectivity index (χ2n) is 3.06. The maximum Gasteiger partial charge on any atom is 0.410 e. The molecule has 0 unspecified atom stereocenters. The molecule has 18 heavy (non-hydrogen) atoms. The molecule has 10 heteroatoms. The molecule has 0 aliphatic carbocycles. The molecular weight excluding hydrogens is 272 g/mol. The van der Waals surface area contributed by atoms with Crippen molar-refractivity contribution in [3.8, 4) is 5.75 Å². The van der Waals surface area contributed by atoms with E-state index in [-0.39, 0.29) is 5.95 Å². The molecule has 1 aromatic carbocycles.